The Morgan fingerprint density at radius 1 is 1.07 bits per heavy atom. The minimum Gasteiger partial charge on any atom is -0.380 e. The fraction of sp³-hybridized carbons (Fsp3) is 0.350. The first-order valence-electron chi connectivity index (χ1n) is 8.73. The van der Waals surface area contributed by atoms with Crippen LogP contribution in [0.4, 0.5) is 0 Å². The van der Waals surface area contributed by atoms with Crippen LogP contribution in [0.1, 0.15) is 40.9 Å². The largest absolute Gasteiger partial charge is 0.380 e. The monoisotopic (exact) mass is 390 g/mol. The average Bonchev–Trinajstić information content (AvgIpc) is 2.60. The highest BCUT2D eigenvalue weighted by Crippen LogP contribution is 2.13. The normalized spacial score (nSPS) is 11.6. The van der Waals surface area contributed by atoms with Gasteiger partial charge in [-0.1, -0.05) is 36.4 Å². The van der Waals surface area contributed by atoms with E-state index in [4.69, 9.17) is 4.74 Å². The van der Waals surface area contributed by atoms with E-state index >= 15 is 0 Å². The number of ether oxygens (including phenoxy) is 1. The molecule has 0 spiro atoms. The molecule has 2 rings (SSSR count). The number of nitrogens with one attached hydrogen (secondary N) is 2. The van der Waals surface area contributed by atoms with Crippen molar-refractivity contribution in [2.45, 2.75) is 38.8 Å². The molecule has 0 saturated heterocycles. The van der Waals surface area contributed by atoms with Crippen LogP contribution in [0.25, 0.3) is 0 Å². The van der Waals surface area contributed by atoms with E-state index in [1.165, 1.54) is 0 Å². The third-order valence-electron chi connectivity index (χ3n) is 3.82. The maximum atomic E-state index is 12.4. The zero-order valence-electron chi connectivity index (χ0n) is 15.9. The molecule has 27 heavy (non-hydrogen) atoms. The van der Waals surface area contributed by atoms with Crippen molar-refractivity contribution in [3.8, 4) is 0 Å². The van der Waals surface area contributed by atoms with E-state index in [-0.39, 0.29) is 24.2 Å². The van der Waals surface area contributed by atoms with Gasteiger partial charge in [0.1, 0.15) is 0 Å². The minimum atomic E-state index is -3.44. The molecule has 0 radical (unpaired) electrons. The molecule has 0 aliphatic rings. The van der Waals surface area contributed by atoms with E-state index < -0.39 is 10.0 Å². The van der Waals surface area contributed by atoms with Crippen molar-refractivity contribution in [1.82, 2.24) is 10.0 Å². The third-order valence-corrected chi connectivity index (χ3v) is 5.34. The SMILES string of the molecule is COCc1cccc(C(=O)NCc2ccccc2CS(=O)(=O)NC(C)C)c1. The summed E-state index contributed by atoms with van der Waals surface area (Å²) in [4.78, 5) is 12.4. The van der Waals surface area contributed by atoms with Gasteiger partial charge in [0.25, 0.3) is 5.91 Å². The molecule has 0 fully saturated rings. The summed E-state index contributed by atoms with van der Waals surface area (Å²) in [5, 5.41) is 2.86. The quantitative estimate of drug-likeness (QED) is 0.689. The summed E-state index contributed by atoms with van der Waals surface area (Å²) in [5.74, 6) is -0.341. The Hall–Kier alpha value is -2.22. The van der Waals surface area contributed by atoms with Crippen LogP contribution in [-0.4, -0.2) is 27.5 Å². The van der Waals surface area contributed by atoms with Crippen molar-refractivity contribution in [2.24, 2.45) is 0 Å². The van der Waals surface area contributed by atoms with E-state index in [0.29, 0.717) is 17.7 Å². The molecule has 2 N–H and O–H groups in total. The minimum absolute atomic E-state index is 0.124. The Morgan fingerprint density at radius 3 is 2.44 bits per heavy atom. The molecular weight excluding hydrogens is 364 g/mol. The lowest BCUT2D eigenvalue weighted by Gasteiger charge is -2.13. The van der Waals surface area contributed by atoms with Gasteiger partial charge in [0, 0.05) is 25.3 Å². The van der Waals surface area contributed by atoms with E-state index in [9.17, 15) is 13.2 Å². The highest BCUT2D eigenvalue weighted by Gasteiger charge is 2.16. The van der Waals surface area contributed by atoms with Gasteiger partial charge in [-0.25, -0.2) is 13.1 Å². The van der Waals surface area contributed by atoms with Gasteiger partial charge in [-0.15, -0.1) is 0 Å². The second-order valence-corrected chi connectivity index (χ2v) is 8.37. The first-order valence-corrected chi connectivity index (χ1v) is 10.4. The molecule has 0 heterocycles. The van der Waals surface area contributed by atoms with E-state index in [1.807, 2.05) is 18.2 Å². The van der Waals surface area contributed by atoms with Crippen molar-refractivity contribution in [2.75, 3.05) is 7.11 Å². The summed E-state index contributed by atoms with van der Waals surface area (Å²) in [6, 6.07) is 14.2. The Bertz CT molecular complexity index is 879. The van der Waals surface area contributed by atoms with Crippen LogP contribution in [0.15, 0.2) is 48.5 Å². The molecule has 146 valence electrons. The Labute approximate surface area is 161 Å². The summed E-state index contributed by atoms with van der Waals surface area (Å²) in [6.45, 7) is 4.24. The first kappa shape index (κ1) is 21.1. The number of hydrogen-bond acceptors (Lipinski definition) is 4. The lowest BCUT2D eigenvalue weighted by Crippen LogP contribution is -2.32. The lowest BCUT2D eigenvalue weighted by molar-refractivity contribution is 0.0950. The molecule has 2 aromatic carbocycles. The number of rotatable bonds is 9. The van der Waals surface area contributed by atoms with E-state index in [1.54, 1.807) is 51.3 Å². The molecule has 7 heteroatoms. The van der Waals surface area contributed by atoms with Gasteiger partial charge < -0.3 is 10.1 Å². The number of amides is 1. The predicted octanol–water partition coefficient (Wildman–Crippen LogP) is 2.59. The summed E-state index contributed by atoms with van der Waals surface area (Å²) in [5.41, 5.74) is 2.89. The fourth-order valence-corrected chi connectivity index (χ4v) is 4.22. The topological polar surface area (TPSA) is 84.5 Å². The molecule has 2 aromatic rings. The standard InChI is InChI=1S/C20H26N2O4S/c1-15(2)22-27(24,25)14-19-9-5-4-8-18(19)12-21-20(23)17-10-6-7-16(11-17)13-26-3/h4-11,15,22H,12-14H2,1-3H3,(H,21,23). The maximum Gasteiger partial charge on any atom is 0.251 e. The number of carbonyl (C=O) groups excluding carboxylic acids is 1. The van der Waals surface area contributed by atoms with Crippen LogP contribution < -0.4 is 10.0 Å². The fourth-order valence-electron chi connectivity index (χ4n) is 2.72. The number of sulfonamides is 1. The number of hydrogen-bond donors (Lipinski definition) is 2. The summed E-state index contributed by atoms with van der Waals surface area (Å²) >= 11 is 0. The van der Waals surface area contributed by atoms with E-state index in [2.05, 4.69) is 10.0 Å². The second kappa shape index (κ2) is 9.64. The van der Waals surface area contributed by atoms with Crippen molar-refractivity contribution in [3.05, 3.63) is 70.8 Å². The van der Waals surface area contributed by atoms with Crippen molar-refractivity contribution in [3.63, 3.8) is 0 Å². The summed E-state index contributed by atoms with van der Waals surface area (Å²) in [7, 11) is -1.83. The Morgan fingerprint density at radius 2 is 1.78 bits per heavy atom. The molecule has 1 amide bonds. The Balaban J connectivity index is 2.08. The van der Waals surface area contributed by atoms with Crippen LogP contribution in [0, 0.1) is 0 Å². The van der Waals surface area contributed by atoms with Crippen LogP contribution in [0.5, 0.6) is 0 Å². The van der Waals surface area contributed by atoms with Crippen LogP contribution >= 0.6 is 0 Å². The number of methoxy groups -OCH3 is 1. The second-order valence-electron chi connectivity index (χ2n) is 6.62. The van der Waals surface area contributed by atoms with Crippen LogP contribution in [0.2, 0.25) is 0 Å². The van der Waals surface area contributed by atoms with Gasteiger partial charge in [0.05, 0.1) is 12.4 Å². The molecule has 6 nitrogen and oxygen atoms in total. The predicted molar refractivity (Wildman–Crippen MR) is 106 cm³/mol. The summed E-state index contributed by atoms with van der Waals surface area (Å²) < 4.78 is 32.1. The maximum absolute atomic E-state index is 12.4. The zero-order chi connectivity index (χ0) is 19.9. The van der Waals surface area contributed by atoms with Gasteiger partial charge in [-0.05, 0) is 42.7 Å². The van der Waals surface area contributed by atoms with Gasteiger partial charge in [0.2, 0.25) is 10.0 Å². The molecule has 0 aromatic heterocycles. The number of benzene rings is 2. The van der Waals surface area contributed by atoms with E-state index in [0.717, 1.165) is 11.1 Å². The molecule has 0 bridgehead atoms. The van der Waals surface area contributed by atoms with Gasteiger partial charge in [-0.3, -0.25) is 4.79 Å². The van der Waals surface area contributed by atoms with Gasteiger partial charge in [-0.2, -0.15) is 0 Å². The highest BCUT2D eigenvalue weighted by molar-refractivity contribution is 7.88. The number of carbonyl (C=O) groups is 1. The zero-order valence-corrected chi connectivity index (χ0v) is 16.7. The molecule has 0 unspecified atom stereocenters. The molecule has 0 aliphatic carbocycles. The van der Waals surface area contributed by atoms with Crippen molar-refractivity contribution < 1.29 is 17.9 Å². The molecule has 0 saturated carbocycles. The molecule has 0 atom stereocenters. The smallest absolute Gasteiger partial charge is 0.251 e. The van der Waals surface area contributed by atoms with Crippen molar-refractivity contribution in [1.29, 1.82) is 0 Å². The third kappa shape index (κ3) is 6.78. The lowest BCUT2D eigenvalue weighted by atomic mass is 10.1. The van der Waals surface area contributed by atoms with Crippen LogP contribution in [0.3, 0.4) is 0 Å². The van der Waals surface area contributed by atoms with Crippen LogP contribution in [-0.2, 0) is 33.7 Å². The first-order chi connectivity index (χ1) is 12.8. The Kier molecular flexibility index (Phi) is 7.53. The molecule has 0 aliphatic heterocycles. The van der Waals surface area contributed by atoms with Gasteiger partial charge >= 0.3 is 0 Å². The highest BCUT2D eigenvalue weighted by atomic mass is 32.2. The van der Waals surface area contributed by atoms with Crippen molar-refractivity contribution >= 4 is 15.9 Å². The van der Waals surface area contributed by atoms with Gasteiger partial charge in [0.15, 0.2) is 0 Å². The average molecular weight is 391 g/mol. The molecular formula is C20H26N2O4S. The summed E-state index contributed by atoms with van der Waals surface area (Å²) in [6.07, 6.45) is 0.